The molecule has 21 heavy (non-hydrogen) atoms. The fourth-order valence-electron chi connectivity index (χ4n) is 2.18. The minimum absolute atomic E-state index is 0.236. The van der Waals surface area contributed by atoms with Gasteiger partial charge in [0.05, 0.1) is 31.1 Å². The van der Waals surface area contributed by atoms with Gasteiger partial charge in [0.25, 0.3) is 5.56 Å². The molecule has 2 heterocycles. The Morgan fingerprint density at radius 3 is 3.10 bits per heavy atom. The maximum Gasteiger partial charge on any atom is 0.283 e. The molecule has 1 saturated heterocycles. The lowest BCUT2D eigenvalue weighted by atomic mass is 9.97. The summed E-state index contributed by atoms with van der Waals surface area (Å²) in [6.07, 6.45) is 1.89. The molecule has 1 fully saturated rings. The minimum Gasteiger partial charge on any atom is -0.385 e. The quantitative estimate of drug-likeness (QED) is 0.771. The molecular formula is C13H20BrN3O4. The Morgan fingerprint density at radius 2 is 2.48 bits per heavy atom. The highest BCUT2D eigenvalue weighted by molar-refractivity contribution is 9.10. The topological polar surface area (TPSA) is 85.6 Å². The number of hydrogen-bond donors (Lipinski definition) is 2. The summed E-state index contributed by atoms with van der Waals surface area (Å²) in [6.45, 7) is 3.49. The van der Waals surface area contributed by atoms with E-state index >= 15 is 0 Å². The van der Waals surface area contributed by atoms with Crippen molar-refractivity contribution >= 4 is 21.6 Å². The molecule has 0 saturated carbocycles. The maximum absolute atomic E-state index is 12.1. The third kappa shape index (κ3) is 3.63. The smallest absolute Gasteiger partial charge is 0.283 e. The lowest BCUT2D eigenvalue weighted by Crippen LogP contribution is -2.43. The van der Waals surface area contributed by atoms with Crippen LogP contribution in [0.25, 0.3) is 0 Å². The second-order valence-electron chi connectivity index (χ2n) is 5.11. The molecule has 0 aromatic carbocycles. The minimum atomic E-state index is -0.926. The van der Waals surface area contributed by atoms with Crippen LogP contribution in [0.15, 0.2) is 15.5 Å². The third-order valence-electron chi connectivity index (χ3n) is 3.74. The van der Waals surface area contributed by atoms with E-state index in [-0.39, 0.29) is 11.7 Å². The molecule has 0 amide bonds. The van der Waals surface area contributed by atoms with Gasteiger partial charge in [-0.05, 0) is 22.9 Å². The van der Waals surface area contributed by atoms with E-state index in [1.165, 1.54) is 4.68 Å². The second-order valence-corrected chi connectivity index (χ2v) is 5.91. The van der Waals surface area contributed by atoms with Crippen molar-refractivity contribution < 1.29 is 14.6 Å². The first-order valence-electron chi connectivity index (χ1n) is 6.80. The lowest BCUT2D eigenvalue weighted by molar-refractivity contribution is -0.0176. The Bertz CT molecular complexity index is 551. The van der Waals surface area contributed by atoms with Gasteiger partial charge in [-0.25, -0.2) is 4.68 Å². The Hall–Kier alpha value is -0.960. The van der Waals surface area contributed by atoms with Crippen molar-refractivity contribution in [1.29, 1.82) is 0 Å². The average molecular weight is 362 g/mol. The first-order valence-corrected chi connectivity index (χ1v) is 7.59. The fraction of sp³-hybridized carbons (Fsp3) is 0.692. The zero-order valence-electron chi connectivity index (χ0n) is 12.1. The summed E-state index contributed by atoms with van der Waals surface area (Å²) in [7, 11) is 1.57. The van der Waals surface area contributed by atoms with Crippen LogP contribution in [0.3, 0.4) is 0 Å². The first kappa shape index (κ1) is 16.4. The highest BCUT2D eigenvalue weighted by Gasteiger charge is 2.39. The summed E-state index contributed by atoms with van der Waals surface area (Å²) >= 11 is 3.28. The summed E-state index contributed by atoms with van der Waals surface area (Å²) < 4.78 is 12.0. The molecule has 118 valence electrons. The van der Waals surface area contributed by atoms with E-state index in [0.717, 1.165) is 0 Å². The van der Waals surface area contributed by atoms with Crippen molar-refractivity contribution in [2.24, 2.45) is 0 Å². The van der Waals surface area contributed by atoms with Gasteiger partial charge < -0.3 is 19.9 Å². The van der Waals surface area contributed by atoms with Gasteiger partial charge >= 0.3 is 0 Å². The van der Waals surface area contributed by atoms with E-state index in [9.17, 15) is 9.90 Å². The fourth-order valence-corrected chi connectivity index (χ4v) is 2.62. The van der Waals surface area contributed by atoms with Crippen molar-refractivity contribution in [2.75, 3.05) is 32.2 Å². The van der Waals surface area contributed by atoms with Gasteiger partial charge in [0.1, 0.15) is 10.1 Å². The van der Waals surface area contributed by atoms with Gasteiger partial charge in [0, 0.05) is 26.7 Å². The van der Waals surface area contributed by atoms with Crippen LogP contribution in [0.2, 0.25) is 0 Å². The van der Waals surface area contributed by atoms with Gasteiger partial charge in [-0.15, -0.1) is 0 Å². The highest BCUT2D eigenvalue weighted by Crippen LogP contribution is 2.27. The number of aromatic nitrogens is 2. The molecule has 1 aromatic rings. The number of rotatable bonds is 6. The van der Waals surface area contributed by atoms with Crippen molar-refractivity contribution in [1.82, 2.24) is 9.78 Å². The molecule has 2 N–H and O–H groups in total. The van der Waals surface area contributed by atoms with E-state index in [1.54, 1.807) is 13.3 Å². The van der Waals surface area contributed by atoms with E-state index in [2.05, 4.69) is 26.3 Å². The summed E-state index contributed by atoms with van der Waals surface area (Å²) in [4.78, 5) is 12.1. The molecule has 0 bridgehead atoms. The second kappa shape index (κ2) is 6.87. The third-order valence-corrected chi connectivity index (χ3v) is 4.50. The van der Waals surface area contributed by atoms with Gasteiger partial charge in [0.15, 0.2) is 0 Å². The SMILES string of the molecule is COCCn1ncc(NCC2(O)CCOC2C)c(Br)c1=O. The first-order chi connectivity index (χ1) is 9.98. The van der Waals surface area contributed by atoms with Gasteiger partial charge in [-0.2, -0.15) is 5.10 Å². The lowest BCUT2D eigenvalue weighted by Gasteiger charge is -2.26. The zero-order valence-corrected chi connectivity index (χ0v) is 13.7. The number of hydrogen-bond acceptors (Lipinski definition) is 6. The van der Waals surface area contributed by atoms with E-state index in [1.807, 2.05) is 6.92 Å². The predicted octanol–water partition coefficient (Wildman–Crippen LogP) is 0.604. The molecule has 0 aliphatic carbocycles. The van der Waals surface area contributed by atoms with Crippen LogP contribution in [0.5, 0.6) is 0 Å². The van der Waals surface area contributed by atoms with Crippen LogP contribution in [0.1, 0.15) is 13.3 Å². The number of anilines is 1. The molecule has 2 rings (SSSR count). The van der Waals surface area contributed by atoms with Crippen LogP contribution in [0, 0.1) is 0 Å². The Morgan fingerprint density at radius 1 is 1.71 bits per heavy atom. The molecule has 0 spiro atoms. The molecule has 2 unspecified atom stereocenters. The Balaban J connectivity index is 2.07. The van der Waals surface area contributed by atoms with Crippen molar-refractivity contribution in [3.8, 4) is 0 Å². The van der Waals surface area contributed by atoms with E-state index < -0.39 is 5.60 Å². The number of nitrogens with one attached hydrogen (secondary N) is 1. The summed E-state index contributed by atoms with van der Waals surface area (Å²) in [5.41, 5.74) is -0.606. The van der Waals surface area contributed by atoms with Crippen LogP contribution in [0.4, 0.5) is 5.69 Å². The monoisotopic (exact) mass is 361 g/mol. The van der Waals surface area contributed by atoms with Crippen molar-refractivity contribution in [3.05, 3.63) is 21.0 Å². The molecule has 2 atom stereocenters. The van der Waals surface area contributed by atoms with Gasteiger partial charge in [-0.1, -0.05) is 0 Å². The summed E-state index contributed by atoms with van der Waals surface area (Å²) in [5, 5.41) is 17.6. The number of ether oxygens (including phenoxy) is 2. The highest BCUT2D eigenvalue weighted by atomic mass is 79.9. The van der Waals surface area contributed by atoms with Crippen LogP contribution in [-0.4, -0.2) is 53.5 Å². The normalized spacial score (nSPS) is 25.2. The van der Waals surface area contributed by atoms with Crippen LogP contribution in [-0.2, 0) is 16.0 Å². The predicted molar refractivity (Wildman–Crippen MR) is 81.5 cm³/mol. The molecule has 7 nitrogen and oxygen atoms in total. The number of nitrogens with zero attached hydrogens (tertiary/aromatic N) is 2. The standard InChI is InChI=1S/C13H20BrN3O4/c1-9-13(19,3-5-21-9)8-15-10-7-16-17(4-6-20-2)12(18)11(10)14/h7,9,15,19H,3-6,8H2,1-2H3. The number of halogens is 1. The average Bonchev–Trinajstić information content (AvgIpc) is 2.79. The van der Waals surface area contributed by atoms with Crippen molar-refractivity contribution in [2.45, 2.75) is 31.6 Å². The Kier molecular flexibility index (Phi) is 5.37. The Labute approximate surface area is 131 Å². The van der Waals surface area contributed by atoms with Gasteiger partial charge in [-0.3, -0.25) is 4.79 Å². The molecule has 1 aromatic heterocycles. The largest absolute Gasteiger partial charge is 0.385 e. The van der Waals surface area contributed by atoms with Crippen LogP contribution < -0.4 is 10.9 Å². The molecule has 1 aliphatic heterocycles. The summed E-state index contributed by atoms with van der Waals surface area (Å²) in [5.74, 6) is 0. The summed E-state index contributed by atoms with van der Waals surface area (Å²) in [6, 6.07) is 0. The maximum atomic E-state index is 12.1. The number of aliphatic hydroxyl groups is 1. The molecule has 0 radical (unpaired) electrons. The van der Waals surface area contributed by atoms with E-state index in [0.29, 0.717) is 42.9 Å². The molecular weight excluding hydrogens is 342 g/mol. The number of methoxy groups -OCH3 is 1. The van der Waals surface area contributed by atoms with Crippen LogP contribution >= 0.6 is 15.9 Å². The molecule has 1 aliphatic rings. The van der Waals surface area contributed by atoms with Crippen molar-refractivity contribution in [3.63, 3.8) is 0 Å². The van der Waals surface area contributed by atoms with Gasteiger partial charge in [0.2, 0.25) is 0 Å². The molecule has 8 heteroatoms. The zero-order chi connectivity index (χ0) is 15.5. The van der Waals surface area contributed by atoms with E-state index in [4.69, 9.17) is 9.47 Å².